The number of hydrogen-bond donors (Lipinski definition) is 2. The van der Waals surface area contributed by atoms with Gasteiger partial charge in [-0.3, -0.25) is 5.43 Å². The standard InChI is InChI=1S/C12H10Cl2N2/c13-9-4-3-5-10(8-9)15-16-12-7-2-1-6-11(12)14/h1-8,15-16H. The Morgan fingerprint density at radius 3 is 2.38 bits per heavy atom. The fourth-order valence-electron chi connectivity index (χ4n) is 1.27. The number of nitrogens with one attached hydrogen (secondary N) is 2. The molecule has 0 aliphatic rings. The van der Waals surface area contributed by atoms with E-state index in [9.17, 15) is 0 Å². The molecule has 0 aliphatic carbocycles. The van der Waals surface area contributed by atoms with Crippen molar-refractivity contribution in [2.24, 2.45) is 0 Å². The molecule has 2 aromatic carbocycles. The van der Waals surface area contributed by atoms with Gasteiger partial charge < -0.3 is 5.43 Å². The van der Waals surface area contributed by atoms with Crippen molar-refractivity contribution in [1.82, 2.24) is 0 Å². The highest BCUT2D eigenvalue weighted by molar-refractivity contribution is 6.33. The van der Waals surface area contributed by atoms with Crippen molar-refractivity contribution < 1.29 is 0 Å². The van der Waals surface area contributed by atoms with Gasteiger partial charge in [-0.1, -0.05) is 41.4 Å². The van der Waals surface area contributed by atoms with Crippen molar-refractivity contribution in [2.75, 3.05) is 10.9 Å². The summed E-state index contributed by atoms with van der Waals surface area (Å²) in [7, 11) is 0. The fraction of sp³-hybridized carbons (Fsp3) is 0. The summed E-state index contributed by atoms with van der Waals surface area (Å²) in [5, 5.41) is 1.35. The summed E-state index contributed by atoms with van der Waals surface area (Å²) < 4.78 is 0. The zero-order valence-corrected chi connectivity index (χ0v) is 9.89. The van der Waals surface area contributed by atoms with Crippen LogP contribution >= 0.6 is 23.2 Å². The van der Waals surface area contributed by atoms with Gasteiger partial charge in [-0.05, 0) is 30.3 Å². The van der Waals surface area contributed by atoms with Gasteiger partial charge in [0.1, 0.15) is 0 Å². The van der Waals surface area contributed by atoms with Gasteiger partial charge in [0, 0.05) is 5.02 Å². The maximum absolute atomic E-state index is 5.99. The molecule has 2 aromatic rings. The van der Waals surface area contributed by atoms with E-state index in [2.05, 4.69) is 10.9 Å². The Bertz CT molecular complexity index is 486. The normalized spacial score (nSPS) is 9.88. The predicted molar refractivity (Wildman–Crippen MR) is 70.1 cm³/mol. The van der Waals surface area contributed by atoms with Gasteiger partial charge in [0.15, 0.2) is 0 Å². The molecular weight excluding hydrogens is 243 g/mol. The summed E-state index contributed by atoms with van der Waals surface area (Å²) in [6.07, 6.45) is 0. The Kier molecular flexibility index (Phi) is 3.54. The zero-order chi connectivity index (χ0) is 11.4. The van der Waals surface area contributed by atoms with Crippen LogP contribution in [-0.4, -0.2) is 0 Å². The molecule has 0 atom stereocenters. The number of para-hydroxylation sites is 1. The monoisotopic (exact) mass is 252 g/mol. The molecule has 0 radical (unpaired) electrons. The lowest BCUT2D eigenvalue weighted by atomic mass is 10.3. The molecule has 16 heavy (non-hydrogen) atoms. The van der Waals surface area contributed by atoms with E-state index in [-0.39, 0.29) is 0 Å². The smallest absolute Gasteiger partial charge is 0.0726 e. The van der Waals surface area contributed by atoms with Crippen molar-refractivity contribution in [3.63, 3.8) is 0 Å². The van der Waals surface area contributed by atoms with Gasteiger partial charge in [0.2, 0.25) is 0 Å². The molecule has 0 saturated heterocycles. The molecule has 4 heteroatoms. The highest BCUT2D eigenvalue weighted by Crippen LogP contribution is 2.21. The Morgan fingerprint density at radius 2 is 1.62 bits per heavy atom. The number of benzene rings is 2. The molecule has 0 fully saturated rings. The van der Waals surface area contributed by atoms with E-state index in [4.69, 9.17) is 23.2 Å². The first-order valence-corrected chi connectivity index (χ1v) is 5.53. The van der Waals surface area contributed by atoms with Crippen molar-refractivity contribution >= 4 is 34.6 Å². The average Bonchev–Trinajstić information content (AvgIpc) is 2.28. The SMILES string of the molecule is Clc1cccc(NNc2ccccc2Cl)c1. The van der Waals surface area contributed by atoms with Crippen LogP contribution in [-0.2, 0) is 0 Å². The van der Waals surface area contributed by atoms with Crippen LogP contribution in [0.3, 0.4) is 0 Å². The topological polar surface area (TPSA) is 24.1 Å². The molecule has 0 aliphatic heterocycles. The van der Waals surface area contributed by atoms with E-state index in [1.807, 2.05) is 48.5 Å². The first-order valence-electron chi connectivity index (χ1n) is 4.78. The lowest BCUT2D eigenvalue weighted by molar-refractivity contribution is 1.41. The maximum Gasteiger partial charge on any atom is 0.0726 e. The molecule has 0 saturated carbocycles. The Balaban J connectivity index is 2.05. The third kappa shape index (κ3) is 2.81. The van der Waals surface area contributed by atoms with Crippen LogP contribution in [0.25, 0.3) is 0 Å². The van der Waals surface area contributed by atoms with Crippen LogP contribution < -0.4 is 10.9 Å². The highest BCUT2D eigenvalue weighted by atomic mass is 35.5. The fourth-order valence-corrected chi connectivity index (χ4v) is 1.64. The summed E-state index contributed by atoms with van der Waals surface area (Å²) >= 11 is 11.9. The first kappa shape index (κ1) is 11.1. The van der Waals surface area contributed by atoms with Gasteiger partial charge in [0.05, 0.1) is 16.4 Å². The molecule has 2 rings (SSSR count). The van der Waals surface area contributed by atoms with E-state index in [1.165, 1.54) is 0 Å². The second-order valence-corrected chi connectivity index (χ2v) is 4.08. The minimum absolute atomic E-state index is 0.664. The van der Waals surface area contributed by atoms with Crippen LogP contribution in [0.1, 0.15) is 0 Å². The average molecular weight is 253 g/mol. The lowest BCUT2D eigenvalue weighted by Crippen LogP contribution is -2.08. The van der Waals surface area contributed by atoms with E-state index in [0.717, 1.165) is 11.4 Å². The Labute approximate surface area is 104 Å². The second-order valence-electron chi connectivity index (χ2n) is 3.24. The van der Waals surface area contributed by atoms with Crippen molar-refractivity contribution in [2.45, 2.75) is 0 Å². The van der Waals surface area contributed by atoms with Crippen LogP contribution in [0.5, 0.6) is 0 Å². The third-order valence-electron chi connectivity index (χ3n) is 2.04. The number of rotatable bonds is 3. The van der Waals surface area contributed by atoms with Crippen LogP contribution in [0, 0.1) is 0 Å². The minimum atomic E-state index is 0.664. The molecule has 0 amide bonds. The first-order chi connectivity index (χ1) is 7.75. The number of halogens is 2. The third-order valence-corrected chi connectivity index (χ3v) is 2.60. The van der Waals surface area contributed by atoms with Gasteiger partial charge in [0.25, 0.3) is 0 Å². The van der Waals surface area contributed by atoms with E-state index >= 15 is 0 Å². The summed E-state index contributed by atoms with van der Waals surface area (Å²) in [4.78, 5) is 0. The van der Waals surface area contributed by atoms with Gasteiger partial charge in [-0.15, -0.1) is 0 Å². The number of anilines is 2. The molecular formula is C12H10Cl2N2. The zero-order valence-electron chi connectivity index (χ0n) is 8.37. The largest absolute Gasteiger partial charge is 0.301 e. The summed E-state index contributed by atoms with van der Waals surface area (Å²) in [5.41, 5.74) is 7.74. The predicted octanol–water partition coefficient (Wildman–Crippen LogP) is 4.43. The molecule has 0 bridgehead atoms. The molecule has 0 unspecified atom stereocenters. The summed E-state index contributed by atoms with van der Waals surface area (Å²) in [5.74, 6) is 0. The number of hydrazine groups is 1. The van der Waals surface area contributed by atoms with Crippen molar-refractivity contribution in [3.05, 3.63) is 58.6 Å². The number of hydrogen-bond acceptors (Lipinski definition) is 2. The lowest BCUT2D eigenvalue weighted by Gasteiger charge is -2.10. The van der Waals surface area contributed by atoms with Gasteiger partial charge in [-0.2, -0.15) is 0 Å². The molecule has 0 aromatic heterocycles. The maximum atomic E-state index is 5.99. The van der Waals surface area contributed by atoms with E-state index in [1.54, 1.807) is 0 Å². The minimum Gasteiger partial charge on any atom is -0.301 e. The molecule has 0 heterocycles. The Hall–Kier alpha value is -1.38. The molecule has 0 spiro atoms. The van der Waals surface area contributed by atoms with Crippen LogP contribution in [0.15, 0.2) is 48.5 Å². The van der Waals surface area contributed by atoms with Crippen molar-refractivity contribution in [3.8, 4) is 0 Å². The van der Waals surface area contributed by atoms with E-state index < -0.39 is 0 Å². The quantitative estimate of drug-likeness (QED) is 0.790. The van der Waals surface area contributed by atoms with Gasteiger partial charge >= 0.3 is 0 Å². The summed E-state index contributed by atoms with van der Waals surface area (Å²) in [6, 6.07) is 14.9. The van der Waals surface area contributed by atoms with Crippen molar-refractivity contribution in [1.29, 1.82) is 0 Å². The van der Waals surface area contributed by atoms with Crippen LogP contribution in [0.2, 0.25) is 10.0 Å². The summed E-state index contributed by atoms with van der Waals surface area (Å²) in [6.45, 7) is 0. The molecule has 2 nitrogen and oxygen atoms in total. The van der Waals surface area contributed by atoms with Gasteiger partial charge in [-0.25, -0.2) is 0 Å². The molecule has 2 N–H and O–H groups in total. The second kappa shape index (κ2) is 5.10. The Morgan fingerprint density at radius 1 is 0.812 bits per heavy atom. The molecule has 82 valence electrons. The van der Waals surface area contributed by atoms with Crippen LogP contribution in [0.4, 0.5) is 11.4 Å². The van der Waals surface area contributed by atoms with E-state index in [0.29, 0.717) is 10.0 Å². The highest BCUT2D eigenvalue weighted by Gasteiger charge is 1.97.